The van der Waals surface area contributed by atoms with Crippen LogP contribution in [-0.4, -0.2) is 53.9 Å². The SMILES string of the molecule is CN(CCCCC(C)(NC1CC1)C(=O)O)CCC(F)(F)F. The molecule has 1 unspecified atom stereocenters. The Balaban J connectivity index is 2.20. The lowest BCUT2D eigenvalue weighted by Crippen LogP contribution is -2.50. The molecule has 0 spiro atoms. The summed E-state index contributed by atoms with van der Waals surface area (Å²) in [6.45, 7) is 2.22. The fraction of sp³-hybridized carbons (Fsp3) is 0.929. The van der Waals surface area contributed by atoms with Crippen molar-refractivity contribution >= 4 is 5.97 Å². The first-order valence-electron chi connectivity index (χ1n) is 7.39. The lowest BCUT2D eigenvalue weighted by Gasteiger charge is -2.27. The Morgan fingerprint density at radius 2 is 1.86 bits per heavy atom. The van der Waals surface area contributed by atoms with Crippen LogP contribution in [0.15, 0.2) is 0 Å². The Morgan fingerprint density at radius 3 is 2.33 bits per heavy atom. The summed E-state index contributed by atoms with van der Waals surface area (Å²) in [7, 11) is 1.66. The summed E-state index contributed by atoms with van der Waals surface area (Å²) >= 11 is 0. The zero-order valence-electron chi connectivity index (χ0n) is 12.7. The molecule has 0 amide bonds. The minimum Gasteiger partial charge on any atom is -0.480 e. The molecule has 0 radical (unpaired) electrons. The van der Waals surface area contributed by atoms with Crippen molar-refractivity contribution in [3.63, 3.8) is 0 Å². The lowest BCUT2D eigenvalue weighted by molar-refractivity contribution is -0.144. The van der Waals surface area contributed by atoms with Gasteiger partial charge in [-0.1, -0.05) is 0 Å². The highest BCUT2D eigenvalue weighted by molar-refractivity contribution is 5.78. The molecule has 1 rings (SSSR count). The van der Waals surface area contributed by atoms with Gasteiger partial charge in [-0.15, -0.1) is 0 Å². The maximum Gasteiger partial charge on any atom is 0.390 e. The number of rotatable bonds is 10. The second-order valence-electron chi connectivity index (χ2n) is 6.18. The van der Waals surface area contributed by atoms with Gasteiger partial charge in [0.25, 0.3) is 0 Å². The Bertz CT molecular complexity index is 346. The number of carboxylic acid groups (broad SMARTS) is 1. The van der Waals surface area contributed by atoms with E-state index in [1.165, 1.54) is 0 Å². The molecule has 1 fully saturated rings. The van der Waals surface area contributed by atoms with Gasteiger partial charge in [0.1, 0.15) is 5.54 Å². The Hall–Kier alpha value is -0.820. The number of aliphatic carboxylic acids is 1. The van der Waals surface area contributed by atoms with Crippen LogP contribution in [0.2, 0.25) is 0 Å². The highest BCUT2D eigenvalue weighted by atomic mass is 19.4. The maximum absolute atomic E-state index is 12.1. The summed E-state index contributed by atoms with van der Waals surface area (Å²) in [5, 5.41) is 12.4. The number of unbranched alkanes of at least 4 members (excludes halogenated alkanes) is 1. The number of carboxylic acids is 1. The van der Waals surface area contributed by atoms with Crippen molar-refractivity contribution in [2.75, 3.05) is 20.1 Å². The van der Waals surface area contributed by atoms with Gasteiger partial charge in [0.2, 0.25) is 0 Å². The number of carbonyl (C=O) groups is 1. The van der Waals surface area contributed by atoms with Gasteiger partial charge < -0.3 is 10.0 Å². The van der Waals surface area contributed by atoms with Crippen LogP contribution in [0.4, 0.5) is 13.2 Å². The molecule has 4 nitrogen and oxygen atoms in total. The molecule has 0 aromatic heterocycles. The van der Waals surface area contributed by atoms with Crippen molar-refractivity contribution in [2.24, 2.45) is 0 Å². The van der Waals surface area contributed by atoms with Crippen LogP contribution in [0.5, 0.6) is 0 Å². The normalized spacial score (nSPS) is 18.8. The summed E-state index contributed by atoms with van der Waals surface area (Å²) in [5.74, 6) is -0.861. The zero-order chi connectivity index (χ0) is 16.1. The molecule has 1 aliphatic carbocycles. The van der Waals surface area contributed by atoms with E-state index in [0.29, 0.717) is 31.8 Å². The Kier molecular flexibility index (Phi) is 6.46. The van der Waals surface area contributed by atoms with Gasteiger partial charge in [-0.05, 0) is 52.6 Å². The number of nitrogens with zero attached hydrogens (tertiary/aromatic N) is 1. The van der Waals surface area contributed by atoms with E-state index in [2.05, 4.69) is 5.32 Å². The molecule has 0 aromatic rings. The number of hydrogen-bond acceptors (Lipinski definition) is 3. The van der Waals surface area contributed by atoms with Crippen LogP contribution in [0.1, 0.15) is 45.4 Å². The van der Waals surface area contributed by atoms with E-state index >= 15 is 0 Å². The first-order valence-corrected chi connectivity index (χ1v) is 7.39. The van der Waals surface area contributed by atoms with Gasteiger partial charge in [0.15, 0.2) is 0 Å². The van der Waals surface area contributed by atoms with E-state index in [1.54, 1.807) is 18.9 Å². The number of halogens is 3. The van der Waals surface area contributed by atoms with Gasteiger partial charge in [-0.25, -0.2) is 0 Å². The van der Waals surface area contributed by atoms with Crippen LogP contribution in [0.25, 0.3) is 0 Å². The molecular formula is C14H25F3N2O2. The third-order valence-electron chi connectivity index (χ3n) is 3.82. The van der Waals surface area contributed by atoms with E-state index in [0.717, 1.165) is 12.8 Å². The summed E-state index contributed by atoms with van der Waals surface area (Å²) in [4.78, 5) is 13.0. The highest BCUT2D eigenvalue weighted by Gasteiger charge is 2.37. The quantitative estimate of drug-likeness (QED) is 0.609. The average molecular weight is 310 g/mol. The fourth-order valence-corrected chi connectivity index (χ4v) is 2.21. The van der Waals surface area contributed by atoms with Gasteiger partial charge in [-0.3, -0.25) is 10.1 Å². The number of alkyl halides is 3. The third-order valence-corrected chi connectivity index (χ3v) is 3.82. The van der Waals surface area contributed by atoms with Crippen molar-refractivity contribution in [3.8, 4) is 0 Å². The lowest BCUT2D eigenvalue weighted by atomic mass is 9.94. The van der Waals surface area contributed by atoms with E-state index in [4.69, 9.17) is 0 Å². The molecule has 0 aromatic carbocycles. The molecule has 2 N–H and O–H groups in total. The van der Waals surface area contributed by atoms with Crippen LogP contribution in [-0.2, 0) is 4.79 Å². The molecule has 1 saturated carbocycles. The zero-order valence-corrected chi connectivity index (χ0v) is 12.7. The largest absolute Gasteiger partial charge is 0.480 e. The Labute approximate surface area is 123 Å². The highest BCUT2D eigenvalue weighted by Crippen LogP contribution is 2.25. The predicted octanol–water partition coefficient (Wildman–Crippen LogP) is 2.64. The van der Waals surface area contributed by atoms with Crippen LogP contribution in [0, 0.1) is 0 Å². The molecule has 0 aliphatic heterocycles. The van der Waals surface area contributed by atoms with Crippen LogP contribution in [0.3, 0.4) is 0 Å². The van der Waals surface area contributed by atoms with Gasteiger partial charge in [0, 0.05) is 12.6 Å². The molecule has 124 valence electrons. The molecular weight excluding hydrogens is 285 g/mol. The Morgan fingerprint density at radius 1 is 1.24 bits per heavy atom. The molecule has 1 atom stereocenters. The molecule has 1 aliphatic rings. The van der Waals surface area contributed by atoms with Crippen molar-refractivity contribution < 1.29 is 23.1 Å². The van der Waals surface area contributed by atoms with E-state index in [-0.39, 0.29) is 6.54 Å². The summed E-state index contributed by atoms with van der Waals surface area (Å²) in [6.07, 6.45) is -1.02. The molecule has 0 heterocycles. The summed E-state index contributed by atoms with van der Waals surface area (Å²) in [5.41, 5.74) is -0.925. The minimum atomic E-state index is -4.12. The van der Waals surface area contributed by atoms with Gasteiger partial charge >= 0.3 is 12.1 Å². The second kappa shape index (κ2) is 7.45. The number of hydrogen-bond donors (Lipinski definition) is 2. The first-order chi connectivity index (χ1) is 9.62. The predicted molar refractivity (Wildman–Crippen MR) is 74.2 cm³/mol. The van der Waals surface area contributed by atoms with E-state index < -0.39 is 24.1 Å². The molecule has 7 heteroatoms. The van der Waals surface area contributed by atoms with E-state index in [9.17, 15) is 23.1 Å². The minimum absolute atomic E-state index is 0.0139. The fourth-order valence-electron chi connectivity index (χ4n) is 2.21. The van der Waals surface area contributed by atoms with Crippen molar-refractivity contribution in [3.05, 3.63) is 0 Å². The van der Waals surface area contributed by atoms with Crippen molar-refractivity contribution in [1.29, 1.82) is 0 Å². The third kappa shape index (κ3) is 7.66. The smallest absolute Gasteiger partial charge is 0.390 e. The van der Waals surface area contributed by atoms with Crippen LogP contribution >= 0.6 is 0 Å². The van der Waals surface area contributed by atoms with Gasteiger partial charge in [0.05, 0.1) is 6.42 Å². The standard InChI is InChI=1S/C14H25F3N2O2/c1-13(12(20)21,18-11-5-6-11)7-3-4-9-19(2)10-8-14(15,16)17/h11,18H,3-10H2,1-2H3,(H,20,21). The summed E-state index contributed by atoms with van der Waals surface area (Å²) < 4.78 is 36.2. The topological polar surface area (TPSA) is 52.6 Å². The monoisotopic (exact) mass is 310 g/mol. The summed E-state index contributed by atoms with van der Waals surface area (Å²) in [6, 6.07) is 0.306. The second-order valence-corrected chi connectivity index (χ2v) is 6.18. The van der Waals surface area contributed by atoms with E-state index in [1.807, 2.05) is 0 Å². The maximum atomic E-state index is 12.1. The van der Waals surface area contributed by atoms with Crippen LogP contribution < -0.4 is 5.32 Å². The number of nitrogens with one attached hydrogen (secondary N) is 1. The molecule has 0 saturated heterocycles. The van der Waals surface area contributed by atoms with Crippen molar-refractivity contribution in [1.82, 2.24) is 10.2 Å². The van der Waals surface area contributed by atoms with Gasteiger partial charge in [-0.2, -0.15) is 13.2 Å². The molecule has 21 heavy (non-hydrogen) atoms. The molecule has 0 bridgehead atoms. The average Bonchev–Trinajstić information content (AvgIpc) is 3.15. The first kappa shape index (κ1) is 18.2. The van der Waals surface area contributed by atoms with Crippen molar-refractivity contribution in [2.45, 2.75) is 63.2 Å².